The van der Waals surface area contributed by atoms with Gasteiger partial charge in [0.1, 0.15) is 5.82 Å². The second-order valence-electron chi connectivity index (χ2n) is 7.95. The smallest absolute Gasteiger partial charge is 0.269 e. The van der Waals surface area contributed by atoms with E-state index in [1.54, 1.807) is 42.7 Å². The summed E-state index contributed by atoms with van der Waals surface area (Å²) >= 11 is 0. The molecule has 1 aromatic carbocycles. The van der Waals surface area contributed by atoms with Crippen LogP contribution < -0.4 is 10.6 Å². The van der Waals surface area contributed by atoms with Crippen LogP contribution in [0.2, 0.25) is 0 Å². The highest BCUT2D eigenvalue weighted by molar-refractivity contribution is 7.90. The van der Waals surface area contributed by atoms with E-state index in [9.17, 15) is 8.42 Å². The maximum absolute atomic E-state index is 13.3. The fourth-order valence-corrected chi connectivity index (χ4v) is 4.85. The highest BCUT2D eigenvalue weighted by atomic mass is 32.2. The molecule has 0 bridgehead atoms. The minimum Gasteiger partial charge on any atom is -0.367 e. The van der Waals surface area contributed by atoms with Gasteiger partial charge < -0.3 is 10.6 Å². The lowest BCUT2D eigenvalue weighted by Crippen LogP contribution is -2.19. The Morgan fingerprint density at radius 1 is 1.16 bits per heavy atom. The van der Waals surface area contributed by atoms with Gasteiger partial charge in [0.05, 0.1) is 22.2 Å². The van der Waals surface area contributed by atoms with Gasteiger partial charge in [0.15, 0.2) is 5.65 Å². The summed E-state index contributed by atoms with van der Waals surface area (Å²) in [6.07, 6.45) is 7.19. The number of anilines is 3. The Morgan fingerprint density at radius 2 is 1.94 bits per heavy atom. The first-order valence-corrected chi connectivity index (χ1v) is 11.6. The van der Waals surface area contributed by atoms with Crippen molar-refractivity contribution < 1.29 is 8.42 Å². The van der Waals surface area contributed by atoms with Gasteiger partial charge in [0.25, 0.3) is 10.0 Å². The van der Waals surface area contributed by atoms with Gasteiger partial charge in [0, 0.05) is 18.4 Å². The zero-order chi connectivity index (χ0) is 21.6. The Morgan fingerprint density at radius 3 is 2.61 bits per heavy atom. The van der Waals surface area contributed by atoms with Crippen LogP contribution in [-0.4, -0.2) is 38.6 Å². The highest BCUT2D eigenvalue weighted by Crippen LogP contribution is 2.35. The molecule has 160 valence electrons. The Bertz CT molecular complexity index is 1320. The molecule has 3 heterocycles. The van der Waals surface area contributed by atoms with Crippen molar-refractivity contribution in [3.63, 3.8) is 0 Å². The van der Waals surface area contributed by atoms with Crippen LogP contribution in [0.3, 0.4) is 0 Å². The van der Waals surface area contributed by atoms with Crippen LogP contribution in [0.15, 0.2) is 53.8 Å². The predicted molar refractivity (Wildman–Crippen MR) is 119 cm³/mol. The van der Waals surface area contributed by atoms with Crippen molar-refractivity contribution >= 4 is 38.5 Å². The van der Waals surface area contributed by atoms with Gasteiger partial charge in [-0.25, -0.2) is 12.4 Å². The molecule has 3 N–H and O–H groups in total. The Hall–Kier alpha value is -3.40. The van der Waals surface area contributed by atoms with E-state index in [1.807, 2.05) is 6.92 Å². The van der Waals surface area contributed by atoms with Crippen molar-refractivity contribution in [3.8, 4) is 0 Å². The van der Waals surface area contributed by atoms with Gasteiger partial charge in [0.2, 0.25) is 5.95 Å². The molecule has 1 fully saturated rings. The second-order valence-corrected chi connectivity index (χ2v) is 9.76. The van der Waals surface area contributed by atoms with Crippen molar-refractivity contribution in [3.05, 3.63) is 54.5 Å². The molecule has 10 heteroatoms. The standard InChI is InChI=1S/C21H23N7O2S/c1-13-3-7-17(8-4-13)31(29,30)28-10-9-18-19(24-14(2)15-5-6-15)26-21(27-20(18)28)25-16-11-22-23-12-16/h3-4,7-12,14-15H,5-6H2,1-2H3,(H,22,23)(H2,24,25,26,27). The predicted octanol–water partition coefficient (Wildman–Crippen LogP) is 3.65. The molecule has 3 aromatic heterocycles. The average molecular weight is 438 g/mol. The third-order valence-electron chi connectivity index (χ3n) is 5.54. The highest BCUT2D eigenvalue weighted by Gasteiger charge is 2.29. The normalized spacial score (nSPS) is 15.2. The van der Waals surface area contributed by atoms with E-state index in [1.165, 1.54) is 23.0 Å². The SMILES string of the molecule is Cc1ccc(S(=O)(=O)n2ccc3c(NC(C)C4CC4)nc(Nc4cn[nH]c4)nc32)cc1. The molecule has 4 aromatic rings. The number of hydrogen-bond acceptors (Lipinski definition) is 7. The minimum absolute atomic E-state index is 0.208. The molecule has 0 amide bonds. The molecular formula is C21H23N7O2S. The van der Waals surface area contributed by atoms with E-state index < -0.39 is 10.0 Å². The Labute approximate surface area is 180 Å². The zero-order valence-corrected chi connectivity index (χ0v) is 18.0. The van der Waals surface area contributed by atoms with Crippen LogP contribution in [0, 0.1) is 12.8 Å². The van der Waals surface area contributed by atoms with Crippen molar-refractivity contribution in [2.75, 3.05) is 10.6 Å². The van der Waals surface area contributed by atoms with Crippen LogP contribution in [0.1, 0.15) is 25.3 Å². The van der Waals surface area contributed by atoms with E-state index in [-0.39, 0.29) is 10.9 Å². The summed E-state index contributed by atoms with van der Waals surface area (Å²) in [4.78, 5) is 9.36. The van der Waals surface area contributed by atoms with E-state index in [2.05, 4.69) is 37.7 Å². The molecule has 1 atom stereocenters. The number of aryl methyl sites for hydroxylation is 1. The van der Waals surface area contributed by atoms with Crippen LogP contribution in [0.5, 0.6) is 0 Å². The van der Waals surface area contributed by atoms with Gasteiger partial charge >= 0.3 is 0 Å². The summed E-state index contributed by atoms with van der Waals surface area (Å²) in [5.74, 6) is 1.50. The largest absolute Gasteiger partial charge is 0.367 e. The molecular weight excluding hydrogens is 414 g/mol. The fourth-order valence-electron chi connectivity index (χ4n) is 3.55. The summed E-state index contributed by atoms with van der Waals surface area (Å²) in [6.45, 7) is 4.04. The number of nitrogens with zero attached hydrogens (tertiary/aromatic N) is 4. The quantitative estimate of drug-likeness (QED) is 0.404. The molecule has 1 saturated carbocycles. The molecule has 1 aliphatic carbocycles. The summed E-state index contributed by atoms with van der Waals surface area (Å²) < 4.78 is 27.9. The first kappa shape index (κ1) is 19.6. The number of benzene rings is 1. The fraction of sp³-hybridized carbons (Fsp3) is 0.286. The topological polar surface area (TPSA) is 118 Å². The molecule has 0 radical (unpaired) electrons. The lowest BCUT2D eigenvalue weighted by Gasteiger charge is -2.16. The third-order valence-corrected chi connectivity index (χ3v) is 7.22. The van der Waals surface area contributed by atoms with Crippen molar-refractivity contribution in [2.45, 2.75) is 37.6 Å². The number of H-pyrrole nitrogens is 1. The van der Waals surface area contributed by atoms with Crippen molar-refractivity contribution in [2.24, 2.45) is 5.92 Å². The monoisotopic (exact) mass is 437 g/mol. The number of aromatic amines is 1. The van der Waals surface area contributed by atoms with Crippen LogP contribution >= 0.6 is 0 Å². The maximum atomic E-state index is 13.3. The number of aromatic nitrogens is 5. The average Bonchev–Trinajstić information content (AvgIpc) is 3.30. The molecule has 5 rings (SSSR count). The second kappa shape index (κ2) is 7.38. The minimum atomic E-state index is -3.81. The number of fused-ring (bicyclic) bond motifs is 1. The number of hydrogen-bond donors (Lipinski definition) is 3. The van der Waals surface area contributed by atoms with Crippen LogP contribution in [0.25, 0.3) is 11.0 Å². The van der Waals surface area contributed by atoms with E-state index in [0.29, 0.717) is 34.4 Å². The summed E-state index contributed by atoms with van der Waals surface area (Å²) in [5.41, 5.74) is 1.98. The van der Waals surface area contributed by atoms with Crippen LogP contribution in [0.4, 0.5) is 17.5 Å². The lowest BCUT2D eigenvalue weighted by molar-refractivity contribution is 0.589. The molecule has 0 aliphatic heterocycles. The molecule has 0 spiro atoms. The first-order chi connectivity index (χ1) is 14.9. The number of rotatable bonds is 7. The van der Waals surface area contributed by atoms with Gasteiger partial charge in [-0.05, 0) is 50.8 Å². The van der Waals surface area contributed by atoms with E-state index in [4.69, 9.17) is 0 Å². The van der Waals surface area contributed by atoms with Gasteiger partial charge in [-0.2, -0.15) is 15.1 Å². The summed E-state index contributed by atoms with van der Waals surface area (Å²) in [6, 6.07) is 8.75. The Kier molecular flexibility index (Phi) is 4.66. The molecule has 31 heavy (non-hydrogen) atoms. The van der Waals surface area contributed by atoms with Crippen molar-refractivity contribution in [1.82, 2.24) is 24.1 Å². The van der Waals surface area contributed by atoms with E-state index in [0.717, 1.165) is 5.56 Å². The van der Waals surface area contributed by atoms with Gasteiger partial charge in [-0.1, -0.05) is 17.7 Å². The lowest BCUT2D eigenvalue weighted by atomic mass is 10.2. The van der Waals surface area contributed by atoms with Gasteiger partial charge in [-0.15, -0.1) is 0 Å². The first-order valence-electron chi connectivity index (χ1n) is 10.2. The Balaban J connectivity index is 1.63. The molecule has 1 unspecified atom stereocenters. The van der Waals surface area contributed by atoms with Gasteiger partial charge in [-0.3, -0.25) is 5.10 Å². The number of nitrogens with one attached hydrogen (secondary N) is 3. The summed E-state index contributed by atoms with van der Waals surface area (Å²) in [5, 5.41) is 13.8. The summed E-state index contributed by atoms with van der Waals surface area (Å²) in [7, 11) is -3.81. The molecule has 9 nitrogen and oxygen atoms in total. The van der Waals surface area contributed by atoms with E-state index >= 15 is 0 Å². The third kappa shape index (κ3) is 3.74. The molecule has 1 aliphatic rings. The van der Waals surface area contributed by atoms with Crippen LogP contribution in [-0.2, 0) is 10.0 Å². The zero-order valence-electron chi connectivity index (χ0n) is 17.2. The van der Waals surface area contributed by atoms with Crippen molar-refractivity contribution in [1.29, 1.82) is 0 Å². The maximum Gasteiger partial charge on any atom is 0.269 e. The molecule has 0 saturated heterocycles.